The number of carboxylic acids is 1. The molecule has 1 atom stereocenters. The first-order valence-electron chi connectivity index (χ1n) is 6.14. The zero-order chi connectivity index (χ0) is 15.0. The molecule has 0 heterocycles. The lowest BCUT2D eigenvalue weighted by atomic mass is 10.2. The Kier molecular flexibility index (Phi) is 7.15. The maximum absolute atomic E-state index is 11.9. The number of hydrogen-bond acceptors (Lipinski definition) is 5. The van der Waals surface area contributed by atoms with E-state index in [9.17, 15) is 14.7 Å². The van der Waals surface area contributed by atoms with Crippen molar-refractivity contribution in [1.82, 2.24) is 0 Å². The second kappa shape index (κ2) is 8.64. The van der Waals surface area contributed by atoms with Crippen molar-refractivity contribution in [3.63, 3.8) is 0 Å². The number of aliphatic carboxylic acids is 1. The molecule has 0 bridgehead atoms. The van der Waals surface area contributed by atoms with Crippen molar-refractivity contribution in [2.75, 3.05) is 13.2 Å². The van der Waals surface area contributed by atoms with Crippen molar-refractivity contribution in [2.24, 2.45) is 0 Å². The fraction of sp³-hybridized carbons (Fsp3) is 0.385. The molecule has 20 heavy (non-hydrogen) atoms. The van der Waals surface area contributed by atoms with Crippen LogP contribution in [0.25, 0.3) is 0 Å². The van der Waals surface area contributed by atoms with E-state index in [-0.39, 0.29) is 18.8 Å². The Morgan fingerprint density at radius 3 is 2.15 bits per heavy atom. The minimum atomic E-state index is -1.83. The first-order chi connectivity index (χ1) is 9.60. The van der Waals surface area contributed by atoms with Gasteiger partial charge in [-0.3, -0.25) is 0 Å². The molecule has 0 aliphatic rings. The van der Waals surface area contributed by atoms with Crippen LogP contribution in [0.1, 0.15) is 24.2 Å². The standard InChI is InChI=1S/C13H17O6P/c1-3-17-20(18-4-2)13(11(14)15)19-12(16)10-8-6-5-7-9-10/h5-9,13H,3-4H2,1-2H3,(H,14,15). The van der Waals surface area contributed by atoms with Crippen LogP contribution in [0.4, 0.5) is 0 Å². The summed E-state index contributed by atoms with van der Waals surface area (Å²) in [7, 11) is -1.83. The van der Waals surface area contributed by atoms with E-state index in [2.05, 4.69) is 0 Å². The number of ether oxygens (including phenoxy) is 1. The van der Waals surface area contributed by atoms with Gasteiger partial charge in [0.1, 0.15) is 0 Å². The molecule has 0 aromatic heterocycles. The Morgan fingerprint density at radius 2 is 1.70 bits per heavy atom. The van der Waals surface area contributed by atoms with Crippen LogP contribution >= 0.6 is 8.38 Å². The van der Waals surface area contributed by atoms with E-state index in [0.717, 1.165) is 0 Å². The van der Waals surface area contributed by atoms with Crippen molar-refractivity contribution in [3.05, 3.63) is 35.9 Å². The van der Waals surface area contributed by atoms with Crippen molar-refractivity contribution in [1.29, 1.82) is 0 Å². The molecular weight excluding hydrogens is 283 g/mol. The lowest BCUT2D eigenvalue weighted by Crippen LogP contribution is -2.27. The van der Waals surface area contributed by atoms with Gasteiger partial charge < -0.3 is 18.9 Å². The predicted molar refractivity (Wildman–Crippen MR) is 73.5 cm³/mol. The number of hydrogen-bond donors (Lipinski definition) is 1. The summed E-state index contributed by atoms with van der Waals surface area (Å²) in [6, 6.07) is 8.18. The number of rotatable bonds is 8. The lowest BCUT2D eigenvalue weighted by molar-refractivity contribution is -0.143. The zero-order valence-corrected chi connectivity index (χ0v) is 12.2. The van der Waals surface area contributed by atoms with Gasteiger partial charge in [-0.1, -0.05) is 18.2 Å². The Labute approximate surface area is 118 Å². The summed E-state index contributed by atoms with van der Waals surface area (Å²) < 4.78 is 15.5. The van der Waals surface area contributed by atoms with Gasteiger partial charge >= 0.3 is 11.9 Å². The number of esters is 1. The summed E-state index contributed by atoms with van der Waals surface area (Å²) in [6.45, 7) is 3.98. The van der Waals surface area contributed by atoms with Gasteiger partial charge in [0.15, 0.2) is 0 Å². The Bertz CT molecular complexity index is 430. The Balaban J connectivity index is 2.80. The van der Waals surface area contributed by atoms with E-state index >= 15 is 0 Å². The maximum atomic E-state index is 11.9. The van der Waals surface area contributed by atoms with Gasteiger partial charge in [0.05, 0.1) is 18.8 Å². The van der Waals surface area contributed by atoms with Crippen LogP contribution in [0, 0.1) is 0 Å². The van der Waals surface area contributed by atoms with Gasteiger partial charge in [0.25, 0.3) is 5.85 Å². The third kappa shape index (κ3) is 4.89. The molecule has 0 saturated heterocycles. The van der Waals surface area contributed by atoms with Crippen LogP contribution in [-0.4, -0.2) is 36.1 Å². The Morgan fingerprint density at radius 1 is 1.15 bits per heavy atom. The molecule has 0 aliphatic heterocycles. The van der Waals surface area contributed by atoms with Gasteiger partial charge in [-0.2, -0.15) is 0 Å². The van der Waals surface area contributed by atoms with E-state index in [1.807, 2.05) is 0 Å². The van der Waals surface area contributed by atoms with Crippen LogP contribution in [0.2, 0.25) is 0 Å². The molecule has 0 radical (unpaired) electrons. The third-order valence-corrected chi connectivity index (χ3v) is 3.88. The number of carbonyl (C=O) groups excluding carboxylic acids is 1. The van der Waals surface area contributed by atoms with E-state index < -0.39 is 26.2 Å². The summed E-state index contributed by atoms with van der Waals surface area (Å²) in [5.41, 5.74) is 0.279. The highest BCUT2D eigenvalue weighted by Crippen LogP contribution is 2.44. The normalized spacial score (nSPS) is 12.2. The molecule has 1 aromatic rings. The molecule has 7 heteroatoms. The average molecular weight is 300 g/mol. The van der Waals surface area contributed by atoms with Crippen LogP contribution in [-0.2, 0) is 18.6 Å². The topological polar surface area (TPSA) is 82.1 Å². The molecule has 1 aromatic carbocycles. The van der Waals surface area contributed by atoms with E-state index in [1.54, 1.807) is 44.2 Å². The van der Waals surface area contributed by atoms with Crippen LogP contribution < -0.4 is 0 Å². The molecule has 110 valence electrons. The SMILES string of the molecule is CCOP(OCC)C(OC(=O)c1ccccc1)C(=O)O. The van der Waals surface area contributed by atoms with Crippen LogP contribution in [0.3, 0.4) is 0 Å². The first-order valence-corrected chi connectivity index (χ1v) is 7.38. The van der Waals surface area contributed by atoms with E-state index in [4.69, 9.17) is 13.8 Å². The number of carboxylic acid groups (broad SMARTS) is 1. The van der Waals surface area contributed by atoms with Gasteiger partial charge in [-0.15, -0.1) is 0 Å². The zero-order valence-electron chi connectivity index (χ0n) is 11.3. The van der Waals surface area contributed by atoms with Crippen molar-refractivity contribution in [2.45, 2.75) is 19.7 Å². The quantitative estimate of drug-likeness (QED) is 0.587. The third-order valence-electron chi connectivity index (χ3n) is 2.14. The molecule has 0 spiro atoms. The molecule has 0 fully saturated rings. The second-order valence-corrected chi connectivity index (χ2v) is 5.14. The second-order valence-electron chi connectivity index (χ2n) is 3.58. The summed E-state index contributed by atoms with van der Waals surface area (Å²) in [4.78, 5) is 23.1. The summed E-state index contributed by atoms with van der Waals surface area (Å²) in [6.07, 6.45) is 0. The molecule has 1 N–H and O–H groups in total. The summed E-state index contributed by atoms with van der Waals surface area (Å²) >= 11 is 0. The van der Waals surface area contributed by atoms with Crippen LogP contribution in [0.5, 0.6) is 0 Å². The number of benzene rings is 1. The molecule has 0 aliphatic carbocycles. The van der Waals surface area contributed by atoms with Crippen LogP contribution in [0.15, 0.2) is 30.3 Å². The number of carbonyl (C=O) groups is 2. The molecular formula is C13H17O6P. The minimum absolute atomic E-state index is 0.276. The largest absolute Gasteiger partial charge is 0.478 e. The van der Waals surface area contributed by atoms with Crippen molar-refractivity contribution >= 4 is 20.3 Å². The van der Waals surface area contributed by atoms with Crippen molar-refractivity contribution in [3.8, 4) is 0 Å². The fourth-order valence-electron chi connectivity index (χ4n) is 1.35. The monoisotopic (exact) mass is 300 g/mol. The molecule has 1 unspecified atom stereocenters. The molecule has 0 saturated carbocycles. The highest BCUT2D eigenvalue weighted by molar-refractivity contribution is 7.49. The first kappa shape index (κ1) is 16.6. The van der Waals surface area contributed by atoms with Crippen molar-refractivity contribution < 1.29 is 28.5 Å². The fourth-order valence-corrected chi connectivity index (χ4v) is 2.57. The maximum Gasteiger partial charge on any atom is 0.354 e. The van der Waals surface area contributed by atoms with Gasteiger partial charge in [0.2, 0.25) is 8.38 Å². The van der Waals surface area contributed by atoms with Gasteiger partial charge in [0, 0.05) is 0 Å². The highest BCUT2D eigenvalue weighted by atomic mass is 31.2. The predicted octanol–water partition coefficient (Wildman–Crippen LogP) is 2.64. The molecule has 6 nitrogen and oxygen atoms in total. The highest BCUT2D eigenvalue weighted by Gasteiger charge is 2.34. The smallest absolute Gasteiger partial charge is 0.354 e. The minimum Gasteiger partial charge on any atom is -0.478 e. The molecule has 1 rings (SSSR count). The molecule has 0 amide bonds. The average Bonchev–Trinajstić information content (AvgIpc) is 2.45. The summed E-state index contributed by atoms with van der Waals surface area (Å²) in [5.74, 6) is -3.45. The van der Waals surface area contributed by atoms with Gasteiger partial charge in [-0.25, -0.2) is 9.59 Å². The summed E-state index contributed by atoms with van der Waals surface area (Å²) in [5, 5.41) is 9.17. The Hall–Kier alpha value is -1.49. The van der Waals surface area contributed by atoms with E-state index in [0.29, 0.717) is 0 Å². The lowest BCUT2D eigenvalue weighted by Gasteiger charge is -2.22. The van der Waals surface area contributed by atoms with Gasteiger partial charge in [-0.05, 0) is 26.0 Å². The van der Waals surface area contributed by atoms with E-state index in [1.165, 1.54) is 0 Å².